The van der Waals surface area contributed by atoms with Gasteiger partial charge in [0.15, 0.2) is 0 Å². The number of rotatable bonds is 53. The van der Waals surface area contributed by atoms with Crippen LogP contribution in [0.25, 0.3) is 22.3 Å². The van der Waals surface area contributed by atoms with Crippen LogP contribution in [-0.4, -0.2) is 80.8 Å². The standard InChI is InChI=1S/C92H124N4O8/c1-7-13-19-34-55-99-75-61-71(62-76(67-75)100-56-35-20-14-8-2)90-83-47-45-81(93-83)89(70-41-43-74(44-42-70)98-54-40-32-30-28-26-25-27-29-31-33-53-97)82-46-48-84(94-82)91(72-63-77(101-57-36-21-15-9-3)68-78(64-72)102-58-37-22-16-10-4)86-50-52-88(96-86)92(87-51-49-85(90)95-87)73-65-79(103-59-38-23-17-11-5)69-80(66-73)104-60-39-24-18-12-6/h41-52,61-69,97H,7-40,53-60H2,1-6H3. The van der Waals surface area contributed by atoms with Crippen LogP contribution < -0.4 is 33.2 Å². The third-order valence-electron chi connectivity index (χ3n) is 19.7. The molecule has 104 heavy (non-hydrogen) atoms. The van der Waals surface area contributed by atoms with E-state index in [1.807, 2.05) is 0 Å². The number of hydrogen-bond donors (Lipinski definition) is 1. The van der Waals surface area contributed by atoms with Gasteiger partial charge in [-0.3, -0.25) is 0 Å². The lowest BCUT2D eigenvalue weighted by Gasteiger charge is -2.17. The third-order valence-corrected chi connectivity index (χ3v) is 19.7. The summed E-state index contributed by atoms with van der Waals surface area (Å²) in [7, 11) is 0. The Morgan fingerprint density at radius 1 is 0.221 bits per heavy atom. The van der Waals surface area contributed by atoms with Gasteiger partial charge < -0.3 is 38.3 Å². The van der Waals surface area contributed by atoms with Gasteiger partial charge in [-0.25, -0.2) is 20.0 Å². The lowest BCUT2D eigenvalue weighted by Crippen LogP contribution is -2.06. The van der Waals surface area contributed by atoms with Gasteiger partial charge in [-0.05, 0) is 171 Å². The summed E-state index contributed by atoms with van der Waals surface area (Å²) in [6, 6.07) is 27.5. The van der Waals surface area contributed by atoms with Crippen molar-refractivity contribution >= 4 is 45.1 Å². The molecule has 0 aliphatic carbocycles. The summed E-state index contributed by atoms with van der Waals surface area (Å²) in [6.07, 6.45) is 55.0. The zero-order chi connectivity index (χ0) is 72.6. The Labute approximate surface area is 625 Å². The molecule has 0 spiro atoms. The van der Waals surface area contributed by atoms with Gasteiger partial charge in [0, 0.05) is 47.1 Å². The fraction of sp³-hybridized carbons (Fsp3) is 0.522. The van der Waals surface area contributed by atoms with Gasteiger partial charge in [-0.1, -0.05) is 221 Å². The van der Waals surface area contributed by atoms with Crippen molar-refractivity contribution in [1.29, 1.82) is 0 Å². The van der Waals surface area contributed by atoms with Gasteiger partial charge in [-0.2, -0.15) is 0 Å². The molecule has 12 nitrogen and oxygen atoms in total. The summed E-state index contributed by atoms with van der Waals surface area (Å²) >= 11 is 0. The number of nitrogens with zero attached hydrogens (tertiary/aromatic N) is 4. The van der Waals surface area contributed by atoms with E-state index < -0.39 is 0 Å². The maximum absolute atomic E-state index is 9.14. The second-order valence-electron chi connectivity index (χ2n) is 28.5. The minimum atomic E-state index is 0.300. The first kappa shape index (κ1) is 80.1. The monoisotopic (exact) mass is 1410 g/mol. The van der Waals surface area contributed by atoms with Crippen LogP contribution in [0.2, 0.25) is 0 Å². The van der Waals surface area contributed by atoms with E-state index in [2.05, 4.69) is 169 Å². The van der Waals surface area contributed by atoms with E-state index in [1.165, 1.54) is 64.2 Å². The highest BCUT2D eigenvalue weighted by Crippen LogP contribution is 2.43. The zero-order valence-electron chi connectivity index (χ0n) is 64.4. The van der Waals surface area contributed by atoms with Crippen molar-refractivity contribution in [3.63, 3.8) is 0 Å². The molecule has 0 aromatic heterocycles. The SMILES string of the molecule is CCCCCCOc1cc(OCCCCCC)cc(C2=C3C=CC(=N3)C(c3cc(OCCCCCC)cc(OCCCCCC)c3)=C3C=CC(=N3)C(c3cc(OCCCCCC)cc(OCCCCCC)c3)=C3C=CC(=N3)C(c3ccc(OCCCCCCCCCCCCO)cc3)=C3C=CC2=N3)c1. The molecule has 0 atom stereocenters. The van der Waals surface area contributed by atoms with E-state index in [9.17, 15) is 0 Å². The number of aliphatic hydroxyl groups is 1. The minimum absolute atomic E-state index is 0.300. The highest BCUT2D eigenvalue weighted by atomic mass is 16.5. The van der Waals surface area contributed by atoms with Gasteiger partial charge in [0.25, 0.3) is 0 Å². The van der Waals surface area contributed by atoms with E-state index in [1.54, 1.807) is 0 Å². The molecule has 5 aliphatic heterocycles. The summed E-state index contributed by atoms with van der Waals surface area (Å²) in [6.45, 7) is 18.0. The zero-order valence-corrected chi connectivity index (χ0v) is 64.4. The van der Waals surface area contributed by atoms with Gasteiger partial charge in [0.2, 0.25) is 0 Å². The van der Waals surface area contributed by atoms with Crippen LogP contribution in [0.1, 0.15) is 282 Å². The molecular weight excluding hydrogens is 1290 g/mol. The van der Waals surface area contributed by atoms with Crippen molar-refractivity contribution in [3.8, 4) is 40.2 Å². The second-order valence-corrected chi connectivity index (χ2v) is 28.5. The van der Waals surface area contributed by atoms with E-state index in [-0.39, 0.29) is 0 Å². The van der Waals surface area contributed by atoms with Crippen LogP contribution in [0.3, 0.4) is 0 Å². The molecule has 560 valence electrons. The van der Waals surface area contributed by atoms with Crippen molar-refractivity contribution in [1.82, 2.24) is 0 Å². The predicted octanol–water partition coefficient (Wildman–Crippen LogP) is 24.7. The lowest BCUT2D eigenvalue weighted by molar-refractivity contribution is 0.282. The minimum Gasteiger partial charge on any atom is -0.494 e. The molecule has 12 heteroatoms. The first-order valence-electron chi connectivity index (χ1n) is 41.0. The molecule has 5 heterocycles. The van der Waals surface area contributed by atoms with Gasteiger partial charge in [0.05, 0.1) is 91.9 Å². The van der Waals surface area contributed by atoms with Crippen molar-refractivity contribution in [2.45, 2.75) is 260 Å². The summed E-state index contributed by atoms with van der Waals surface area (Å²) in [5, 5.41) is 9.14. The van der Waals surface area contributed by atoms with Crippen LogP contribution in [0.5, 0.6) is 40.2 Å². The number of aliphatic hydroxyl groups excluding tert-OH is 1. The highest BCUT2D eigenvalue weighted by Gasteiger charge is 2.30. The Morgan fingerprint density at radius 2 is 0.433 bits per heavy atom. The molecule has 4 aromatic rings. The van der Waals surface area contributed by atoms with Crippen LogP contribution in [0.15, 0.2) is 170 Å². The summed E-state index contributed by atoms with van der Waals surface area (Å²) in [4.78, 5) is 23.1. The highest BCUT2D eigenvalue weighted by molar-refractivity contribution is 6.39. The predicted molar refractivity (Wildman–Crippen MR) is 436 cm³/mol. The summed E-state index contributed by atoms with van der Waals surface area (Å²) < 4.78 is 46.8. The van der Waals surface area contributed by atoms with Crippen LogP contribution in [0, 0.1) is 0 Å². The molecule has 0 fully saturated rings. The molecular formula is C92H124N4O8. The molecule has 0 saturated carbocycles. The average Bonchev–Trinajstić information content (AvgIpc) is 1.59. The maximum atomic E-state index is 9.14. The first-order valence-corrected chi connectivity index (χ1v) is 41.0. The molecule has 4 aromatic carbocycles. The number of aliphatic imine (C=N–C) groups is 4. The Kier molecular flexibility index (Phi) is 35.5. The van der Waals surface area contributed by atoms with Crippen molar-refractivity contribution < 1.29 is 38.3 Å². The van der Waals surface area contributed by atoms with E-state index in [4.69, 9.17) is 58.2 Å². The van der Waals surface area contributed by atoms with Crippen molar-refractivity contribution in [2.24, 2.45) is 20.0 Å². The molecule has 5 aliphatic rings. The number of benzene rings is 4. The smallest absolute Gasteiger partial charge is 0.123 e. The Bertz CT molecular complexity index is 3550. The molecule has 0 radical (unpaired) electrons. The fourth-order valence-electron chi connectivity index (χ4n) is 13.8. The van der Waals surface area contributed by atoms with E-state index in [0.717, 1.165) is 285 Å². The van der Waals surface area contributed by atoms with E-state index >= 15 is 0 Å². The van der Waals surface area contributed by atoms with Crippen LogP contribution in [0.4, 0.5) is 0 Å². The third kappa shape index (κ3) is 25.7. The van der Waals surface area contributed by atoms with Gasteiger partial charge >= 0.3 is 0 Å². The van der Waals surface area contributed by atoms with Crippen molar-refractivity contribution in [3.05, 3.63) is 173 Å². The van der Waals surface area contributed by atoms with Crippen LogP contribution in [-0.2, 0) is 0 Å². The summed E-state index contributed by atoms with van der Waals surface area (Å²) in [5.74, 6) is 5.31. The van der Waals surface area contributed by atoms with Gasteiger partial charge in [-0.15, -0.1) is 0 Å². The molecule has 9 rings (SSSR count). The lowest BCUT2D eigenvalue weighted by atomic mass is 9.97. The van der Waals surface area contributed by atoms with Crippen molar-refractivity contribution in [2.75, 3.05) is 52.9 Å². The Morgan fingerprint density at radius 3 is 0.673 bits per heavy atom. The molecule has 0 amide bonds. The number of ether oxygens (including phenoxy) is 7. The Hall–Kier alpha value is -7.96. The molecule has 0 unspecified atom stereocenters. The number of fused-ring (bicyclic) bond motifs is 4. The normalized spacial score (nSPS) is 14.5. The number of hydrogen-bond acceptors (Lipinski definition) is 12. The number of allylic oxidation sites excluding steroid dienone is 12. The maximum Gasteiger partial charge on any atom is 0.123 e. The fourth-order valence-corrected chi connectivity index (χ4v) is 13.8. The summed E-state index contributed by atoms with van der Waals surface area (Å²) in [5.41, 5.74) is 13.0. The first-order chi connectivity index (χ1) is 51.3. The largest absolute Gasteiger partial charge is 0.494 e. The Balaban J connectivity index is 1.23. The van der Waals surface area contributed by atoms with Gasteiger partial charge in [0.1, 0.15) is 40.2 Å². The molecule has 8 bridgehead atoms. The second kappa shape index (κ2) is 46.1. The average molecular weight is 1410 g/mol. The molecule has 0 saturated heterocycles. The number of unbranched alkanes of at least 4 members (excludes halogenated alkanes) is 27. The topological polar surface area (TPSA) is 134 Å². The quantitative estimate of drug-likeness (QED) is 0.0432. The van der Waals surface area contributed by atoms with E-state index in [0.29, 0.717) is 52.9 Å². The molecule has 1 N–H and O–H groups in total. The van der Waals surface area contributed by atoms with Crippen LogP contribution >= 0.6 is 0 Å².